The van der Waals surface area contributed by atoms with E-state index in [1.165, 1.54) is 32.1 Å². The monoisotopic (exact) mass is 439 g/mol. The fourth-order valence-corrected chi connectivity index (χ4v) is 4.43. The molecule has 2 aromatic rings. The minimum Gasteiger partial charge on any atom is -0.465 e. The first-order valence-corrected chi connectivity index (χ1v) is 11.6. The van der Waals surface area contributed by atoms with Crippen LogP contribution in [0.1, 0.15) is 91.5 Å². The Morgan fingerprint density at radius 3 is 2.48 bits per heavy atom. The first-order valence-electron chi connectivity index (χ1n) is 11.2. The highest BCUT2D eigenvalue weighted by Crippen LogP contribution is 2.36. The van der Waals surface area contributed by atoms with Crippen molar-refractivity contribution in [1.82, 2.24) is 4.57 Å². The number of aromatic nitrogens is 1. The first-order chi connectivity index (χ1) is 15.1. The summed E-state index contributed by atoms with van der Waals surface area (Å²) in [5.41, 5.74) is 2.42. The van der Waals surface area contributed by atoms with E-state index in [0.717, 1.165) is 18.5 Å². The second-order valence-electron chi connectivity index (χ2n) is 8.10. The molecule has 31 heavy (non-hydrogen) atoms. The molecular weight excluding hydrogens is 410 g/mol. The van der Waals surface area contributed by atoms with Gasteiger partial charge in [-0.2, -0.15) is 0 Å². The van der Waals surface area contributed by atoms with Crippen molar-refractivity contribution >= 4 is 23.4 Å². The lowest BCUT2D eigenvalue weighted by molar-refractivity contribution is -0.145. The lowest BCUT2D eigenvalue weighted by Crippen LogP contribution is -2.14. The molecule has 1 aromatic carbocycles. The predicted octanol–water partition coefficient (Wildman–Crippen LogP) is 6.13. The summed E-state index contributed by atoms with van der Waals surface area (Å²) in [5.74, 6) is 1.78. The predicted molar refractivity (Wildman–Crippen MR) is 124 cm³/mol. The SMILES string of the molecule is C#Cc1ccc(C(=O)c2c(Cl)cc3n2CCC3C(=O)OCCCCCCCCC)cc1. The number of halogens is 1. The number of nitrogens with zero attached hydrogens (tertiary/aromatic N) is 1. The smallest absolute Gasteiger partial charge is 0.315 e. The Labute approximate surface area is 189 Å². The van der Waals surface area contributed by atoms with Crippen LogP contribution in [0.2, 0.25) is 5.02 Å². The Morgan fingerprint density at radius 1 is 1.13 bits per heavy atom. The summed E-state index contributed by atoms with van der Waals surface area (Å²) in [6.45, 7) is 3.23. The molecule has 1 unspecified atom stereocenters. The zero-order valence-electron chi connectivity index (χ0n) is 18.2. The lowest BCUT2D eigenvalue weighted by atomic mass is 10.0. The van der Waals surface area contributed by atoms with Crippen molar-refractivity contribution < 1.29 is 14.3 Å². The Balaban J connectivity index is 1.58. The lowest BCUT2D eigenvalue weighted by Gasteiger charge is -2.10. The van der Waals surface area contributed by atoms with Gasteiger partial charge in [-0.1, -0.05) is 63.0 Å². The van der Waals surface area contributed by atoms with Crippen molar-refractivity contribution in [3.05, 3.63) is 57.9 Å². The van der Waals surface area contributed by atoms with E-state index in [2.05, 4.69) is 12.8 Å². The van der Waals surface area contributed by atoms with Crippen LogP contribution >= 0.6 is 11.6 Å². The Kier molecular flexibility index (Phi) is 8.37. The number of rotatable bonds is 11. The van der Waals surface area contributed by atoms with Crippen molar-refractivity contribution in [3.63, 3.8) is 0 Å². The van der Waals surface area contributed by atoms with E-state index < -0.39 is 0 Å². The summed E-state index contributed by atoms with van der Waals surface area (Å²) in [5, 5.41) is 0.366. The molecule has 164 valence electrons. The number of carbonyl (C=O) groups excluding carboxylic acids is 2. The molecule has 0 aliphatic carbocycles. The Morgan fingerprint density at radius 2 is 1.81 bits per heavy atom. The van der Waals surface area contributed by atoms with Crippen LogP contribution in [0, 0.1) is 12.3 Å². The van der Waals surface area contributed by atoms with Gasteiger partial charge in [-0.05, 0) is 43.2 Å². The second-order valence-corrected chi connectivity index (χ2v) is 8.51. The molecule has 1 aromatic heterocycles. The van der Waals surface area contributed by atoms with Crippen molar-refractivity contribution in [1.29, 1.82) is 0 Å². The van der Waals surface area contributed by atoms with Crippen LogP contribution in [0.15, 0.2) is 30.3 Å². The molecule has 2 heterocycles. The van der Waals surface area contributed by atoms with Gasteiger partial charge in [0.25, 0.3) is 0 Å². The summed E-state index contributed by atoms with van der Waals surface area (Å²) >= 11 is 6.41. The number of benzene rings is 1. The van der Waals surface area contributed by atoms with Crippen LogP contribution in [0.25, 0.3) is 0 Å². The average Bonchev–Trinajstić information content (AvgIpc) is 3.32. The van der Waals surface area contributed by atoms with Crippen molar-refractivity contribution in [3.8, 4) is 12.3 Å². The fourth-order valence-electron chi connectivity index (χ4n) is 4.13. The van der Waals surface area contributed by atoms with E-state index in [-0.39, 0.29) is 17.7 Å². The highest BCUT2D eigenvalue weighted by atomic mass is 35.5. The molecule has 0 saturated heterocycles. The molecule has 0 saturated carbocycles. The van der Waals surface area contributed by atoms with Crippen molar-refractivity contribution in [2.45, 2.75) is 70.8 Å². The van der Waals surface area contributed by atoms with E-state index in [0.29, 0.717) is 41.4 Å². The van der Waals surface area contributed by atoms with E-state index >= 15 is 0 Å². The standard InChI is InChI=1S/C26H30ClNO3/c1-3-5-6-7-8-9-10-17-31-26(30)21-15-16-28-23(21)18-22(27)24(28)25(29)20-13-11-19(4-2)12-14-20/h2,11-14,18,21H,3,5-10,15-17H2,1H3. The molecule has 0 amide bonds. The summed E-state index contributed by atoms with van der Waals surface area (Å²) in [6.07, 6.45) is 14.2. The zero-order valence-corrected chi connectivity index (χ0v) is 18.9. The van der Waals surface area contributed by atoms with Gasteiger partial charge < -0.3 is 9.30 Å². The van der Waals surface area contributed by atoms with E-state index in [9.17, 15) is 9.59 Å². The number of esters is 1. The van der Waals surface area contributed by atoms with Gasteiger partial charge in [-0.15, -0.1) is 6.42 Å². The average molecular weight is 440 g/mol. The second kappa shape index (κ2) is 11.2. The quantitative estimate of drug-likeness (QED) is 0.183. The molecular formula is C26H30ClNO3. The molecule has 1 aliphatic heterocycles. The van der Waals surface area contributed by atoms with Gasteiger partial charge in [0.15, 0.2) is 0 Å². The van der Waals surface area contributed by atoms with Crippen molar-refractivity contribution in [2.75, 3.05) is 6.61 Å². The first kappa shape index (κ1) is 23.2. The number of ketones is 1. The van der Waals surface area contributed by atoms with Gasteiger partial charge >= 0.3 is 5.97 Å². The largest absolute Gasteiger partial charge is 0.465 e. The van der Waals surface area contributed by atoms with Crippen LogP contribution in [-0.4, -0.2) is 22.9 Å². The maximum Gasteiger partial charge on any atom is 0.315 e. The Hall–Kier alpha value is -2.51. The van der Waals surface area contributed by atoms with Crippen LogP contribution in [0.4, 0.5) is 0 Å². The molecule has 0 radical (unpaired) electrons. The topological polar surface area (TPSA) is 48.3 Å². The Bertz CT molecular complexity index is 952. The number of unbranched alkanes of at least 4 members (excludes halogenated alkanes) is 6. The molecule has 0 fully saturated rings. The molecule has 1 atom stereocenters. The fraction of sp³-hybridized carbons (Fsp3) is 0.462. The van der Waals surface area contributed by atoms with Gasteiger partial charge in [-0.25, -0.2) is 0 Å². The third-order valence-corrected chi connectivity index (χ3v) is 6.17. The maximum atomic E-state index is 13.0. The van der Waals surface area contributed by atoms with Gasteiger partial charge in [0, 0.05) is 23.4 Å². The van der Waals surface area contributed by atoms with E-state index in [4.69, 9.17) is 22.8 Å². The summed E-state index contributed by atoms with van der Waals surface area (Å²) in [6, 6.07) is 8.61. The van der Waals surface area contributed by atoms with E-state index in [1.54, 1.807) is 30.3 Å². The zero-order chi connectivity index (χ0) is 22.2. The van der Waals surface area contributed by atoms with Crippen LogP contribution in [0.3, 0.4) is 0 Å². The molecule has 1 aliphatic rings. The molecule has 4 nitrogen and oxygen atoms in total. The maximum absolute atomic E-state index is 13.0. The van der Waals surface area contributed by atoms with Crippen molar-refractivity contribution in [2.24, 2.45) is 0 Å². The highest BCUT2D eigenvalue weighted by Gasteiger charge is 2.35. The summed E-state index contributed by atoms with van der Waals surface area (Å²) in [4.78, 5) is 25.7. The van der Waals surface area contributed by atoms with Gasteiger partial charge in [0.05, 0.1) is 17.5 Å². The molecule has 0 N–H and O–H groups in total. The van der Waals surface area contributed by atoms with Gasteiger partial charge in [-0.3, -0.25) is 9.59 Å². The number of ether oxygens (including phenoxy) is 1. The van der Waals surface area contributed by atoms with Gasteiger partial charge in [0.2, 0.25) is 5.78 Å². The summed E-state index contributed by atoms with van der Waals surface area (Å²) < 4.78 is 7.39. The van der Waals surface area contributed by atoms with Crippen LogP contribution in [-0.2, 0) is 16.1 Å². The van der Waals surface area contributed by atoms with Crippen LogP contribution in [0.5, 0.6) is 0 Å². The molecule has 0 bridgehead atoms. The number of terminal acetylenes is 1. The number of hydrogen-bond acceptors (Lipinski definition) is 3. The third-order valence-electron chi connectivity index (χ3n) is 5.89. The number of hydrogen-bond donors (Lipinski definition) is 0. The third kappa shape index (κ3) is 5.60. The van der Waals surface area contributed by atoms with E-state index in [1.807, 2.05) is 4.57 Å². The summed E-state index contributed by atoms with van der Waals surface area (Å²) in [7, 11) is 0. The van der Waals surface area contributed by atoms with Crippen LogP contribution < -0.4 is 0 Å². The van der Waals surface area contributed by atoms with Gasteiger partial charge in [0.1, 0.15) is 5.69 Å². The number of fused-ring (bicyclic) bond motifs is 1. The molecule has 0 spiro atoms. The molecule has 5 heteroatoms. The minimum atomic E-state index is -0.368. The molecule has 3 rings (SSSR count). The highest BCUT2D eigenvalue weighted by molar-refractivity contribution is 6.35. The minimum absolute atomic E-state index is 0.170. The number of carbonyl (C=O) groups is 2. The normalized spacial score (nSPS) is 14.8.